The first-order valence-corrected chi connectivity index (χ1v) is 6.36. The highest BCUT2D eigenvalue weighted by Gasteiger charge is 2.13. The van der Waals surface area contributed by atoms with Crippen molar-refractivity contribution in [2.24, 2.45) is 0 Å². The number of aryl methyl sites for hydroxylation is 1. The molecule has 0 spiro atoms. The molecule has 0 saturated carbocycles. The van der Waals surface area contributed by atoms with Crippen LogP contribution in [0.2, 0.25) is 5.02 Å². The van der Waals surface area contributed by atoms with Crippen molar-refractivity contribution in [1.29, 1.82) is 0 Å². The largest absolute Gasteiger partial charge is 0.491 e. The van der Waals surface area contributed by atoms with Crippen LogP contribution in [0.5, 0.6) is 5.75 Å². The van der Waals surface area contributed by atoms with Crippen LogP contribution < -0.4 is 10.5 Å². The van der Waals surface area contributed by atoms with Crippen LogP contribution in [-0.2, 0) is 6.42 Å². The molecule has 0 amide bonds. The summed E-state index contributed by atoms with van der Waals surface area (Å²) in [5.41, 5.74) is 8.37. The van der Waals surface area contributed by atoms with Gasteiger partial charge in [0.05, 0.1) is 17.8 Å². The molecule has 20 heavy (non-hydrogen) atoms. The predicted molar refractivity (Wildman–Crippen MR) is 76.3 cm³/mol. The van der Waals surface area contributed by atoms with E-state index in [0.29, 0.717) is 22.7 Å². The number of anilines is 1. The summed E-state index contributed by atoms with van der Waals surface area (Å²) in [7, 11) is 1.22. The summed E-state index contributed by atoms with van der Waals surface area (Å²) in [6, 6.07) is 6.06. The SMILES string of the molecule is COc1c(F)cc(Cc2cc(C)cc(N)c2Cl)cc1F. The van der Waals surface area contributed by atoms with Gasteiger partial charge in [-0.05, 0) is 48.2 Å². The number of rotatable bonds is 3. The zero-order valence-electron chi connectivity index (χ0n) is 11.1. The molecule has 0 radical (unpaired) electrons. The van der Waals surface area contributed by atoms with Gasteiger partial charge < -0.3 is 10.5 Å². The number of nitrogens with two attached hydrogens (primary N) is 1. The molecule has 0 saturated heterocycles. The summed E-state index contributed by atoms with van der Waals surface area (Å²) in [6.07, 6.45) is 0.294. The second-order valence-electron chi connectivity index (χ2n) is 4.60. The number of hydrogen-bond donors (Lipinski definition) is 1. The molecule has 2 nitrogen and oxygen atoms in total. The van der Waals surface area contributed by atoms with Gasteiger partial charge >= 0.3 is 0 Å². The maximum Gasteiger partial charge on any atom is 0.190 e. The lowest BCUT2D eigenvalue weighted by molar-refractivity contribution is 0.359. The van der Waals surface area contributed by atoms with E-state index in [0.717, 1.165) is 11.1 Å². The summed E-state index contributed by atoms with van der Waals surface area (Å²) >= 11 is 6.12. The lowest BCUT2D eigenvalue weighted by Crippen LogP contribution is -1.99. The summed E-state index contributed by atoms with van der Waals surface area (Å²) < 4.78 is 31.9. The quantitative estimate of drug-likeness (QED) is 0.865. The van der Waals surface area contributed by atoms with Gasteiger partial charge in [0.15, 0.2) is 17.4 Å². The van der Waals surface area contributed by atoms with Gasteiger partial charge in [0.1, 0.15) is 0 Å². The molecule has 0 heterocycles. The summed E-state index contributed by atoms with van der Waals surface area (Å²) in [5.74, 6) is -1.86. The molecule has 0 atom stereocenters. The molecule has 0 aliphatic rings. The maximum absolute atomic E-state index is 13.7. The fourth-order valence-corrected chi connectivity index (χ4v) is 2.31. The topological polar surface area (TPSA) is 35.2 Å². The Bertz CT molecular complexity index is 636. The predicted octanol–water partition coefficient (Wildman–Crippen LogP) is 4.11. The van der Waals surface area contributed by atoms with Gasteiger partial charge in [0, 0.05) is 0 Å². The fraction of sp³-hybridized carbons (Fsp3) is 0.200. The Labute approximate surface area is 121 Å². The van der Waals surface area contributed by atoms with Crippen molar-refractivity contribution in [1.82, 2.24) is 0 Å². The molecule has 2 N–H and O–H groups in total. The van der Waals surface area contributed by atoms with E-state index in [1.54, 1.807) is 6.07 Å². The second-order valence-corrected chi connectivity index (χ2v) is 4.97. The number of hydrogen-bond acceptors (Lipinski definition) is 2. The van der Waals surface area contributed by atoms with Crippen LogP contribution in [0.4, 0.5) is 14.5 Å². The fourth-order valence-electron chi connectivity index (χ4n) is 2.13. The highest BCUT2D eigenvalue weighted by molar-refractivity contribution is 6.33. The molecular weight excluding hydrogens is 284 g/mol. The Balaban J connectivity index is 2.40. The monoisotopic (exact) mass is 297 g/mol. The Morgan fingerprint density at radius 2 is 1.75 bits per heavy atom. The van der Waals surface area contributed by atoms with Crippen LogP contribution in [-0.4, -0.2) is 7.11 Å². The molecule has 106 valence electrons. The molecule has 0 aromatic heterocycles. The minimum Gasteiger partial charge on any atom is -0.491 e. The first-order chi connectivity index (χ1) is 9.42. The lowest BCUT2D eigenvalue weighted by atomic mass is 10.0. The molecular formula is C15H14ClF2NO. The van der Waals surface area contributed by atoms with Crippen LogP contribution in [0.25, 0.3) is 0 Å². The normalized spacial score (nSPS) is 10.7. The molecule has 0 bridgehead atoms. The molecule has 0 aliphatic carbocycles. The lowest BCUT2D eigenvalue weighted by Gasteiger charge is -2.10. The van der Waals surface area contributed by atoms with Crippen molar-refractivity contribution in [2.45, 2.75) is 13.3 Å². The third-order valence-electron chi connectivity index (χ3n) is 2.98. The summed E-state index contributed by atoms with van der Waals surface area (Å²) in [4.78, 5) is 0. The molecule has 0 unspecified atom stereocenters. The van der Waals surface area contributed by atoms with E-state index in [1.165, 1.54) is 19.2 Å². The number of halogens is 3. The Hall–Kier alpha value is -1.81. The Kier molecular flexibility index (Phi) is 4.14. The highest BCUT2D eigenvalue weighted by atomic mass is 35.5. The minimum atomic E-state index is -0.737. The number of nitrogen functional groups attached to an aromatic ring is 1. The maximum atomic E-state index is 13.7. The van der Waals surface area contributed by atoms with E-state index in [9.17, 15) is 8.78 Å². The third-order valence-corrected chi connectivity index (χ3v) is 3.44. The van der Waals surface area contributed by atoms with Crippen molar-refractivity contribution in [2.75, 3.05) is 12.8 Å². The van der Waals surface area contributed by atoms with E-state index in [1.807, 2.05) is 13.0 Å². The average molecular weight is 298 g/mol. The van der Waals surface area contributed by atoms with Crippen LogP contribution in [0.15, 0.2) is 24.3 Å². The van der Waals surface area contributed by atoms with Gasteiger partial charge in [0.2, 0.25) is 0 Å². The number of ether oxygens (including phenoxy) is 1. The van der Waals surface area contributed by atoms with Crippen LogP contribution in [0.3, 0.4) is 0 Å². The zero-order chi connectivity index (χ0) is 14.9. The molecule has 0 fully saturated rings. The summed E-state index contributed by atoms with van der Waals surface area (Å²) in [5, 5.41) is 0.409. The first-order valence-electron chi connectivity index (χ1n) is 5.98. The third kappa shape index (κ3) is 2.85. The Morgan fingerprint density at radius 1 is 1.15 bits per heavy atom. The van der Waals surface area contributed by atoms with Crippen LogP contribution in [0.1, 0.15) is 16.7 Å². The summed E-state index contributed by atoms with van der Waals surface area (Å²) in [6.45, 7) is 1.88. The van der Waals surface area contributed by atoms with Crippen LogP contribution in [0, 0.1) is 18.6 Å². The zero-order valence-corrected chi connectivity index (χ0v) is 11.9. The molecule has 2 aromatic rings. The van der Waals surface area contributed by atoms with Gasteiger partial charge in [0.25, 0.3) is 0 Å². The molecule has 2 aromatic carbocycles. The smallest absolute Gasteiger partial charge is 0.190 e. The van der Waals surface area contributed by atoms with Crippen molar-refractivity contribution < 1.29 is 13.5 Å². The Morgan fingerprint density at radius 3 is 2.30 bits per heavy atom. The highest BCUT2D eigenvalue weighted by Crippen LogP contribution is 2.29. The molecule has 2 rings (SSSR count). The van der Waals surface area contributed by atoms with E-state index >= 15 is 0 Å². The standard InChI is InChI=1S/C15H14ClF2NO/c1-8-3-10(14(16)13(19)4-8)5-9-6-11(17)15(20-2)12(18)7-9/h3-4,6-7H,5,19H2,1-2H3. The van der Waals surface area contributed by atoms with Crippen LogP contribution >= 0.6 is 11.6 Å². The van der Waals surface area contributed by atoms with Crippen molar-refractivity contribution in [3.8, 4) is 5.75 Å². The van der Waals surface area contributed by atoms with Gasteiger partial charge in [-0.15, -0.1) is 0 Å². The molecule has 0 aliphatic heterocycles. The van der Waals surface area contributed by atoms with Crippen molar-refractivity contribution in [3.63, 3.8) is 0 Å². The van der Waals surface area contributed by atoms with Gasteiger partial charge in [-0.1, -0.05) is 17.7 Å². The number of methoxy groups -OCH3 is 1. The van der Waals surface area contributed by atoms with Gasteiger partial charge in [-0.2, -0.15) is 0 Å². The number of benzene rings is 2. The van der Waals surface area contributed by atoms with Gasteiger partial charge in [-0.3, -0.25) is 0 Å². The van der Waals surface area contributed by atoms with Crippen molar-refractivity contribution in [3.05, 3.63) is 57.6 Å². The molecule has 5 heteroatoms. The van der Waals surface area contributed by atoms with Gasteiger partial charge in [-0.25, -0.2) is 8.78 Å². The first kappa shape index (κ1) is 14.6. The second kappa shape index (κ2) is 5.67. The van der Waals surface area contributed by atoms with Crippen molar-refractivity contribution >= 4 is 17.3 Å². The van der Waals surface area contributed by atoms with E-state index in [4.69, 9.17) is 17.3 Å². The van der Waals surface area contributed by atoms with E-state index in [-0.39, 0.29) is 5.75 Å². The van der Waals surface area contributed by atoms with E-state index < -0.39 is 11.6 Å². The minimum absolute atomic E-state index is 0.294. The van der Waals surface area contributed by atoms with E-state index in [2.05, 4.69) is 4.74 Å². The average Bonchev–Trinajstić information content (AvgIpc) is 2.35.